The summed E-state index contributed by atoms with van der Waals surface area (Å²) < 4.78 is 5.08. The van der Waals surface area contributed by atoms with E-state index in [-0.39, 0.29) is 5.91 Å². The number of amides is 1. The van der Waals surface area contributed by atoms with Gasteiger partial charge in [-0.25, -0.2) is 0 Å². The van der Waals surface area contributed by atoms with Gasteiger partial charge in [-0.2, -0.15) is 0 Å². The highest BCUT2D eigenvalue weighted by atomic mass is 16.5. The molecule has 1 heterocycles. The summed E-state index contributed by atoms with van der Waals surface area (Å²) in [4.78, 5) is 11.8. The highest BCUT2D eigenvalue weighted by Crippen LogP contribution is 2.11. The highest BCUT2D eigenvalue weighted by Gasteiger charge is 2.15. The zero-order chi connectivity index (χ0) is 12.8. The van der Waals surface area contributed by atoms with Gasteiger partial charge in [0.2, 0.25) is 5.91 Å². The minimum atomic E-state index is 0.0899. The Morgan fingerprint density at radius 3 is 2.83 bits per heavy atom. The van der Waals surface area contributed by atoms with Gasteiger partial charge in [0.15, 0.2) is 0 Å². The van der Waals surface area contributed by atoms with Crippen LogP contribution in [0.4, 0.5) is 0 Å². The number of hydrogen-bond acceptors (Lipinski definition) is 3. The Bertz CT molecular complexity index is 383. The maximum atomic E-state index is 11.8. The predicted octanol–water partition coefficient (Wildman–Crippen LogP) is 0.963. The van der Waals surface area contributed by atoms with Crippen molar-refractivity contribution in [1.82, 2.24) is 10.6 Å². The van der Waals surface area contributed by atoms with E-state index in [2.05, 4.69) is 10.6 Å². The van der Waals surface area contributed by atoms with Crippen molar-refractivity contribution in [3.63, 3.8) is 0 Å². The molecule has 1 fully saturated rings. The number of ether oxygens (including phenoxy) is 1. The first-order valence-electron chi connectivity index (χ1n) is 6.38. The Morgan fingerprint density at radius 1 is 1.44 bits per heavy atom. The van der Waals surface area contributed by atoms with Crippen molar-refractivity contribution in [3.8, 4) is 5.75 Å². The summed E-state index contributed by atoms with van der Waals surface area (Å²) in [6.07, 6.45) is 1.59. The van der Waals surface area contributed by atoms with E-state index in [1.807, 2.05) is 24.3 Å². The molecule has 1 amide bonds. The Morgan fingerprint density at radius 2 is 2.22 bits per heavy atom. The van der Waals surface area contributed by atoms with Crippen LogP contribution in [0, 0.1) is 5.92 Å². The van der Waals surface area contributed by atoms with E-state index in [1.165, 1.54) is 0 Å². The molecule has 0 aliphatic carbocycles. The number of rotatable bonds is 5. The van der Waals surface area contributed by atoms with Gasteiger partial charge in [-0.15, -0.1) is 0 Å². The fourth-order valence-electron chi connectivity index (χ4n) is 2.14. The summed E-state index contributed by atoms with van der Waals surface area (Å²) in [6, 6.07) is 7.61. The lowest BCUT2D eigenvalue weighted by Gasteiger charge is -2.10. The molecule has 4 nitrogen and oxygen atoms in total. The van der Waals surface area contributed by atoms with Crippen molar-refractivity contribution in [3.05, 3.63) is 29.8 Å². The van der Waals surface area contributed by atoms with Gasteiger partial charge in [-0.1, -0.05) is 12.1 Å². The number of nitrogens with one attached hydrogen (secondary N) is 2. The average molecular weight is 248 g/mol. The molecule has 1 saturated heterocycles. The van der Waals surface area contributed by atoms with Crippen molar-refractivity contribution < 1.29 is 9.53 Å². The molecule has 0 saturated carbocycles. The monoisotopic (exact) mass is 248 g/mol. The number of carbonyl (C=O) groups excluding carboxylic acids is 1. The Labute approximate surface area is 108 Å². The van der Waals surface area contributed by atoms with Gasteiger partial charge >= 0.3 is 0 Å². The molecule has 4 heteroatoms. The predicted molar refractivity (Wildman–Crippen MR) is 70.7 cm³/mol. The zero-order valence-corrected chi connectivity index (χ0v) is 10.7. The summed E-state index contributed by atoms with van der Waals surface area (Å²) in [6.45, 7) is 2.86. The van der Waals surface area contributed by atoms with Crippen LogP contribution < -0.4 is 15.4 Å². The van der Waals surface area contributed by atoms with E-state index < -0.39 is 0 Å². The molecule has 1 aliphatic heterocycles. The first-order chi connectivity index (χ1) is 8.78. The third-order valence-corrected chi connectivity index (χ3v) is 3.27. The molecule has 98 valence electrons. The van der Waals surface area contributed by atoms with Crippen LogP contribution in [0.2, 0.25) is 0 Å². The van der Waals surface area contributed by atoms with E-state index in [0.29, 0.717) is 12.3 Å². The Balaban J connectivity index is 1.75. The van der Waals surface area contributed by atoms with E-state index in [0.717, 1.165) is 37.4 Å². The normalized spacial score (nSPS) is 18.6. The van der Waals surface area contributed by atoms with Crippen molar-refractivity contribution in [1.29, 1.82) is 0 Å². The highest BCUT2D eigenvalue weighted by molar-refractivity contribution is 5.78. The molecule has 0 radical (unpaired) electrons. The van der Waals surface area contributed by atoms with Gasteiger partial charge in [0.05, 0.1) is 13.5 Å². The first kappa shape index (κ1) is 12.9. The molecule has 1 unspecified atom stereocenters. The van der Waals surface area contributed by atoms with Gasteiger partial charge < -0.3 is 15.4 Å². The number of hydrogen-bond donors (Lipinski definition) is 2. The molecule has 1 aliphatic rings. The molecule has 18 heavy (non-hydrogen) atoms. The maximum Gasteiger partial charge on any atom is 0.224 e. The fourth-order valence-corrected chi connectivity index (χ4v) is 2.14. The Hall–Kier alpha value is -1.55. The number of benzene rings is 1. The average Bonchev–Trinajstić information content (AvgIpc) is 2.90. The molecular weight excluding hydrogens is 228 g/mol. The molecule has 0 bridgehead atoms. The lowest BCUT2D eigenvalue weighted by Crippen LogP contribution is -2.31. The van der Waals surface area contributed by atoms with Gasteiger partial charge in [0.1, 0.15) is 5.75 Å². The molecule has 1 aromatic carbocycles. The molecule has 1 aromatic rings. The minimum absolute atomic E-state index is 0.0899. The summed E-state index contributed by atoms with van der Waals surface area (Å²) >= 11 is 0. The van der Waals surface area contributed by atoms with Gasteiger partial charge in [-0.3, -0.25) is 4.79 Å². The number of carbonyl (C=O) groups is 1. The van der Waals surface area contributed by atoms with Crippen molar-refractivity contribution in [2.45, 2.75) is 12.8 Å². The summed E-state index contributed by atoms with van der Waals surface area (Å²) in [5, 5.41) is 6.28. The summed E-state index contributed by atoms with van der Waals surface area (Å²) in [5.74, 6) is 1.49. The van der Waals surface area contributed by atoms with Crippen LogP contribution in [0.15, 0.2) is 24.3 Å². The van der Waals surface area contributed by atoms with Crippen LogP contribution >= 0.6 is 0 Å². The van der Waals surface area contributed by atoms with Crippen molar-refractivity contribution in [2.24, 2.45) is 5.92 Å². The van der Waals surface area contributed by atoms with Crippen LogP contribution in [0.25, 0.3) is 0 Å². The third kappa shape index (κ3) is 3.74. The van der Waals surface area contributed by atoms with Crippen molar-refractivity contribution >= 4 is 5.91 Å². The zero-order valence-electron chi connectivity index (χ0n) is 10.7. The van der Waals surface area contributed by atoms with E-state index in [1.54, 1.807) is 7.11 Å². The number of methoxy groups -OCH3 is 1. The van der Waals surface area contributed by atoms with E-state index in [4.69, 9.17) is 4.74 Å². The second-order valence-corrected chi connectivity index (χ2v) is 4.69. The summed E-state index contributed by atoms with van der Waals surface area (Å²) in [5.41, 5.74) is 1.01. The molecule has 0 aromatic heterocycles. The van der Waals surface area contributed by atoms with Crippen LogP contribution in [-0.2, 0) is 11.2 Å². The smallest absolute Gasteiger partial charge is 0.224 e. The van der Waals surface area contributed by atoms with Crippen LogP contribution in [-0.4, -0.2) is 32.7 Å². The maximum absolute atomic E-state index is 11.8. The molecule has 0 spiro atoms. The van der Waals surface area contributed by atoms with E-state index in [9.17, 15) is 4.79 Å². The SMILES string of the molecule is COc1ccc(CC(=O)NCC2CCNC2)cc1. The van der Waals surface area contributed by atoms with Crippen LogP contribution in [0.3, 0.4) is 0 Å². The first-order valence-corrected chi connectivity index (χ1v) is 6.38. The third-order valence-electron chi connectivity index (χ3n) is 3.27. The lowest BCUT2D eigenvalue weighted by atomic mass is 10.1. The second kappa shape index (κ2) is 6.40. The van der Waals surface area contributed by atoms with E-state index >= 15 is 0 Å². The molecule has 2 rings (SSSR count). The van der Waals surface area contributed by atoms with Crippen LogP contribution in [0.5, 0.6) is 5.75 Å². The topological polar surface area (TPSA) is 50.4 Å². The molecular formula is C14H20N2O2. The van der Waals surface area contributed by atoms with Gasteiger partial charge in [0.25, 0.3) is 0 Å². The minimum Gasteiger partial charge on any atom is -0.497 e. The lowest BCUT2D eigenvalue weighted by molar-refractivity contribution is -0.120. The van der Waals surface area contributed by atoms with Gasteiger partial charge in [-0.05, 0) is 43.1 Å². The largest absolute Gasteiger partial charge is 0.497 e. The summed E-state index contributed by atoms with van der Waals surface area (Å²) in [7, 11) is 1.64. The quantitative estimate of drug-likeness (QED) is 0.816. The fraction of sp³-hybridized carbons (Fsp3) is 0.500. The van der Waals surface area contributed by atoms with Gasteiger partial charge in [0, 0.05) is 6.54 Å². The van der Waals surface area contributed by atoms with Crippen molar-refractivity contribution in [2.75, 3.05) is 26.7 Å². The molecule has 2 N–H and O–H groups in total. The standard InChI is InChI=1S/C14H20N2O2/c1-18-13-4-2-11(3-5-13)8-14(17)16-10-12-6-7-15-9-12/h2-5,12,15H,6-10H2,1H3,(H,16,17). The second-order valence-electron chi connectivity index (χ2n) is 4.69. The molecule has 1 atom stereocenters. The van der Waals surface area contributed by atoms with Crippen LogP contribution in [0.1, 0.15) is 12.0 Å². The Kier molecular flexibility index (Phi) is 4.59.